The molecule has 0 saturated carbocycles. The Morgan fingerprint density at radius 2 is 1.95 bits per heavy atom. The molecule has 1 rings (SSSR count). The van der Waals surface area contributed by atoms with Crippen LogP contribution in [0.4, 0.5) is 0 Å². The zero-order chi connectivity index (χ0) is 13.9. The van der Waals surface area contributed by atoms with Gasteiger partial charge in [-0.15, -0.1) is 0 Å². The number of hydrogen-bond donors (Lipinski definition) is 0. The molecule has 4 heteroatoms. The molecule has 1 radical (unpaired) electrons. The normalized spacial score (nSPS) is 10.4. The van der Waals surface area contributed by atoms with Gasteiger partial charge in [-0.1, -0.05) is 25.5 Å². The largest absolute Gasteiger partial charge is 0.379 e. The first kappa shape index (κ1) is 15.7. The first-order valence-electron chi connectivity index (χ1n) is 6.64. The topological polar surface area (TPSA) is 44.8 Å². The van der Waals surface area contributed by atoms with Gasteiger partial charge in [0.15, 0.2) is 6.61 Å². The number of hydrogen-bond acceptors (Lipinski definition) is 4. The number of carbonyl (C=O) groups excluding carboxylic acids is 1. The lowest BCUT2D eigenvalue weighted by Crippen LogP contribution is -2.07. The smallest absolute Gasteiger partial charge is 0.373 e. The van der Waals surface area contributed by atoms with E-state index in [4.69, 9.17) is 4.74 Å². The Labute approximate surface area is 114 Å². The predicted octanol–water partition coefficient (Wildman–Crippen LogP) is 3.32. The summed E-state index contributed by atoms with van der Waals surface area (Å²) < 4.78 is 5.00. The quantitative estimate of drug-likeness (QED) is 0.390. The zero-order valence-corrected chi connectivity index (χ0v) is 11.6. The second-order valence-corrected chi connectivity index (χ2v) is 4.09. The molecule has 0 bridgehead atoms. The van der Waals surface area contributed by atoms with E-state index in [2.05, 4.69) is 16.7 Å². The Bertz CT molecular complexity index is 359. The highest BCUT2D eigenvalue weighted by molar-refractivity contribution is 5.88. The molecule has 0 saturated heterocycles. The molecule has 1 aromatic carbocycles. The van der Waals surface area contributed by atoms with Crippen molar-refractivity contribution in [2.24, 2.45) is 0 Å². The highest BCUT2D eigenvalue weighted by Gasteiger charge is 2.08. The number of ether oxygens (including phenoxy) is 1. The fourth-order valence-electron chi connectivity index (χ4n) is 1.51. The zero-order valence-electron chi connectivity index (χ0n) is 11.6. The molecule has 4 nitrogen and oxygen atoms in total. The summed E-state index contributed by atoms with van der Waals surface area (Å²) in [5, 5.41) is 0. The van der Waals surface area contributed by atoms with E-state index in [0.29, 0.717) is 18.8 Å². The molecule has 0 spiro atoms. The third-order valence-electron chi connectivity index (χ3n) is 2.59. The lowest BCUT2D eigenvalue weighted by molar-refractivity contribution is -0.218. The Kier molecular flexibility index (Phi) is 7.86. The van der Waals surface area contributed by atoms with Gasteiger partial charge in [0.2, 0.25) is 0 Å². The van der Waals surface area contributed by atoms with Gasteiger partial charge >= 0.3 is 5.97 Å². The maximum Gasteiger partial charge on any atom is 0.373 e. The van der Waals surface area contributed by atoms with E-state index in [1.54, 1.807) is 12.1 Å². The van der Waals surface area contributed by atoms with Gasteiger partial charge in [-0.25, -0.2) is 4.79 Å². The van der Waals surface area contributed by atoms with Crippen molar-refractivity contribution in [3.8, 4) is 0 Å². The molecule has 0 unspecified atom stereocenters. The van der Waals surface area contributed by atoms with Crippen molar-refractivity contribution in [1.82, 2.24) is 0 Å². The van der Waals surface area contributed by atoms with Crippen LogP contribution in [0.25, 0.3) is 0 Å². The third kappa shape index (κ3) is 6.36. The fourth-order valence-corrected chi connectivity index (χ4v) is 1.51. The maximum atomic E-state index is 11.6. The SMILES string of the molecule is CCCCc1ccc(C(=O)OO[CH]COCC)cc1. The van der Waals surface area contributed by atoms with Gasteiger partial charge in [0.05, 0.1) is 12.2 Å². The van der Waals surface area contributed by atoms with Gasteiger partial charge in [-0.05, 0) is 37.5 Å². The van der Waals surface area contributed by atoms with E-state index in [0.717, 1.165) is 19.3 Å². The van der Waals surface area contributed by atoms with Crippen molar-refractivity contribution in [1.29, 1.82) is 0 Å². The standard InChI is InChI=1S/C15H21O4/c1-3-5-6-13-7-9-14(10-8-13)15(16)19-18-12-11-17-4-2/h7-10,12H,3-6,11H2,1-2H3. The van der Waals surface area contributed by atoms with Crippen LogP contribution >= 0.6 is 0 Å². The Morgan fingerprint density at radius 1 is 1.21 bits per heavy atom. The molecule has 0 heterocycles. The van der Waals surface area contributed by atoms with E-state index >= 15 is 0 Å². The van der Waals surface area contributed by atoms with Crippen molar-refractivity contribution >= 4 is 5.97 Å². The van der Waals surface area contributed by atoms with Crippen LogP contribution in [0.3, 0.4) is 0 Å². The highest BCUT2D eigenvalue weighted by atomic mass is 17.2. The summed E-state index contributed by atoms with van der Waals surface area (Å²) in [6.07, 6.45) is 3.34. The number of carbonyl (C=O) groups is 1. The summed E-state index contributed by atoms with van der Waals surface area (Å²) in [5.41, 5.74) is 1.70. The molecule has 0 amide bonds. The van der Waals surface area contributed by atoms with Crippen LogP contribution in [-0.2, 0) is 20.9 Å². The Balaban J connectivity index is 2.32. The molecule has 0 fully saturated rings. The molecular weight excluding hydrogens is 244 g/mol. The second-order valence-electron chi connectivity index (χ2n) is 4.09. The van der Waals surface area contributed by atoms with E-state index in [9.17, 15) is 4.79 Å². The summed E-state index contributed by atoms with van der Waals surface area (Å²) >= 11 is 0. The third-order valence-corrected chi connectivity index (χ3v) is 2.59. The van der Waals surface area contributed by atoms with E-state index in [-0.39, 0.29) is 0 Å². The predicted molar refractivity (Wildman–Crippen MR) is 72.3 cm³/mol. The van der Waals surface area contributed by atoms with Gasteiger partial charge < -0.3 is 4.74 Å². The highest BCUT2D eigenvalue weighted by Crippen LogP contribution is 2.09. The van der Waals surface area contributed by atoms with E-state index in [1.807, 2.05) is 19.1 Å². The molecule has 105 valence electrons. The fraction of sp³-hybridized carbons (Fsp3) is 0.467. The molecule has 0 aliphatic carbocycles. The van der Waals surface area contributed by atoms with Gasteiger partial charge in [-0.2, -0.15) is 4.89 Å². The van der Waals surface area contributed by atoms with Gasteiger partial charge in [0, 0.05) is 6.61 Å². The molecular formula is C15H21O4. The van der Waals surface area contributed by atoms with E-state index in [1.165, 1.54) is 12.2 Å². The molecule has 0 aliphatic heterocycles. The Morgan fingerprint density at radius 3 is 2.58 bits per heavy atom. The van der Waals surface area contributed by atoms with Gasteiger partial charge in [0.1, 0.15) is 0 Å². The van der Waals surface area contributed by atoms with Crippen LogP contribution in [0.2, 0.25) is 0 Å². The second kappa shape index (κ2) is 9.53. The summed E-state index contributed by atoms with van der Waals surface area (Å²) in [6, 6.07) is 7.38. The minimum Gasteiger partial charge on any atom is -0.379 e. The lowest BCUT2D eigenvalue weighted by Gasteiger charge is -2.04. The molecule has 0 atom stereocenters. The van der Waals surface area contributed by atoms with Crippen LogP contribution in [0.5, 0.6) is 0 Å². The molecule has 1 aromatic rings. The van der Waals surface area contributed by atoms with Crippen LogP contribution in [0.15, 0.2) is 24.3 Å². The number of unbranched alkanes of at least 4 members (excludes halogenated alkanes) is 1. The first-order valence-corrected chi connectivity index (χ1v) is 6.64. The van der Waals surface area contributed by atoms with Crippen LogP contribution in [0.1, 0.15) is 42.6 Å². The van der Waals surface area contributed by atoms with Crippen molar-refractivity contribution < 1.29 is 19.3 Å². The van der Waals surface area contributed by atoms with Gasteiger partial charge in [-0.3, -0.25) is 4.89 Å². The minimum absolute atomic E-state index is 0.291. The number of benzene rings is 1. The number of rotatable bonds is 9. The van der Waals surface area contributed by atoms with Crippen LogP contribution < -0.4 is 0 Å². The van der Waals surface area contributed by atoms with Crippen molar-refractivity contribution in [2.75, 3.05) is 13.2 Å². The van der Waals surface area contributed by atoms with Crippen LogP contribution in [-0.4, -0.2) is 19.2 Å². The molecule has 0 aliphatic rings. The average molecular weight is 265 g/mol. The minimum atomic E-state index is -0.505. The number of aryl methyl sites for hydroxylation is 1. The van der Waals surface area contributed by atoms with E-state index < -0.39 is 5.97 Å². The summed E-state index contributed by atoms with van der Waals surface area (Å²) in [7, 11) is 0. The van der Waals surface area contributed by atoms with Crippen molar-refractivity contribution in [3.63, 3.8) is 0 Å². The maximum absolute atomic E-state index is 11.6. The van der Waals surface area contributed by atoms with Gasteiger partial charge in [0.25, 0.3) is 0 Å². The summed E-state index contributed by atoms with van der Waals surface area (Å²) in [6.45, 7) is 6.21. The molecule has 0 N–H and O–H groups in total. The summed E-state index contributed by atoms with van der Waals surface area (Å²) in [5.74, 6) is -0.505. The lowest BCUT2D eigenvalue weighted by atomic mass is 10.1. The van der Waals surface area contributed by atoms with Crippen LogP contribution in [0, 0.1) is 6.61 Å². The summed E-state index contributed by atoms with van der Waals surface area (Å²) in [4.78, 5) is 20.9. The van der Waals surface area contributed by atoms with Crippen molar-refractivity contribution in [2.45, 2.75) is 33.1 Å². The monoisotopic (exact) mass is 265 g/mol. The average Bonchev–Trinajstić information content (AvgIpc) is 2.45. The molecule has 19 heavy (non-hydrogen) atoms. The molecule has 0 aromatic heterocycles. The van der Waals surface area contributed by atoms with Crippen molar-refractivity contribution in [3.05, 3.63) is 42.0 Å². The first-order chi connectivity index (χ1) is 9.27. The Hall–Kier alpha value is -1.39.